The van der Waals surface area contributed by atoms with Gasteiger partial charge in [-0.05, 0) is 55.9 Å². The number of carbonyl (C=O) groups excluding carboxylic acids is 2. The second-order valence-electron chi connectivity index (χ2n) is 8.04. The van der Waals surface area contributed by atoms with Crippen LogP contribution in [0.1, 0.15) is 43.4 Å². The normalized spacial score (nSPS) is 26.9. The monoisotopic (exact) mass is 424 g/mol. The molecule has 1 aromatic heterocycles. The van der Waals surface area contributed by atoms with Crippen molar-refractivity contribution < 1.29 is 24.5 Å². The highest BCUT2D eigenvalue weighted by molar-refractivity contribution is 7.09. The third-order valence-electron chi connectivity index (χ3n) is 6.20. The van der Waals surface area contributed by atoms with Crippen LogP contribution in [-0.2, 0) is 20.7 Å². The van der Waals surface area contributed by atoms with Gasteiger partial charge < -0.3 is 25.2 Å². The van der Waals surface area contributed by atoms with Crippen molar-refractivity contribution in [2.24, 2.45) is 5.92 Å². The third kappa shape index (κ3) is 5.57. The van der Waals surface area contributed by atoms with E-state index >= 15 is 0 Å². The van der Waals surface area contributed by atoms with Gasteiger partial charge in [0.25, 0.3) is 11.8 Å². The van der Waals surface area contributed by atoms with Crippen molar-refractivity contribution in [2.45, 2.75) is 69.3 Å². The molecular formula is C21H32N2O5S. The Kier molecular flexibility index (Phi) is 8.06. The smallest absolute Gasteiger partial charge is 0.254 e. The molecule has 2 fully saturated rings. The van der Waals surface area contributed by atoms with Gasteiger partial charge in [0.1, 0.15) is 0 Å². The van der Waals surface area contributed by atoms with Gasteiger partial charge in [-0.3, -0.25) is 9.59 Å². The first kappa shape index (κ1) is 22.2. The molecule has 2 aliphatic rings. The summed E-state index contributed by atoms with van der Waals surface area (Å²) < 4.78 is 5.51. The lowest BCUT2D eigenvalue weighted by Gasteiger charge is -2.37. The number of hydrogen-bond acceptors (Lipinski definition) is 6. The van der Waals surface area contributed by atoms with Gasteiger partial charge in [-0.25, -0.2) is 0 Å². The molecule has 3 rings (SSSR count). The molecule has 0 radical (unpaired) electrons. The zero-order valence-electron chi connectivity index (χ0n) is 17.0. The predicted molar refractivity (Wildman–Crippen MR) is 111 cm³/mol. The lowest BCUT2D eigenvalue weighted by molar-refractivity contribution is -0.154. The fourth-order valence-electron chi connectivity index (χ4n) is 4.62. The molecule has 8 heteroatoms. The first-order valence-corrected chi connectivity index (χ1v) is 11.4. The Morgan fingerprint density at radius 3 is 2.83 bits per heavy atom. The molecule has 0 aromatic carbocycles. The minimum absolute atomic E-state index is 0.0455. The number of thiophene rings is 1. The van der Waals surface area contributed by atoms with Crippen LogP contribution in [0.4, 0.5) is 0 Å². The van der Waals surface area contributed by atoms with Crippen molar-refractivity contribution in [1.82, 2.24) is 10.2 Å². The van der Waals surface area contributed by atoms with Crippen molar-refractivity contribution in [2.75, 3.05) is 20.2 Å². The summed E-state index contributed by atoms with van der Waals surface area (Å²) in [6.45, 7) is 0.908. The Labute approximate surface area is 176 Å². The fraction of sp³-hybridized carbons (Fsp3) is 0.714. The molecule has 0 bridgehead atoms. The number of aliphatic hydroxyl groups is 2. The molecule has 162 valence electrons. The molecule has 1 aromatic rings. The van der Waals surface area contributed by atoms with Crippen molar-refractivity contribution in [3.05, 3.63) is 22.4 Å². The first-order chi connectivity index (χ1) is 14.0. The molecule has 3 N–H and O–H groups in total. The molecule has 3 unspecified atom stereocenters. The van der Waals surface area contributed by atoms with Crippen LogP contribution in [0.2, 0.25) is 0 Å². The van der Waals surface area contributed by atoms with Gasteiger partial charge >= 0.3 is 0 Å². The zero-order valence-corrected chi connectivity index (χ0v) is 17.8. The van der Waals surface area contributed by atoms with E-state index in [0.29, 0.717) is 25.4 Å². The van der Waals surface area contributed by atoms with E-state index in [1.165, 1.54) is 0 Å². The summed E-state index contributed by atoms with van der Waals surface area (Å²) in [6, 6.07) is 3.95. The molecule has 7 nitrogen and oxygen atoms in total. The lowest BCUT2D eigenvalue weighted by Crippen LogP contribution is -2.53. The minimum atomic E-state index is -1.76. The van der Waals surface area contributed by atoms with E-state index in [1.807, 2.05) is 17.5 Å². The van der Waals surface area contributed by atoms with E-state index in [9.17, 15) is 19.8 Å². The summed E-state index contributed by atoms with van der Waals surface area (Å²) in [5, 5.41) is 25.2. The SMILES string of the molecule is COC1CCCC(C2CCCN2C(=O)[C@H](O)[C@@H](O)C(=O)NCCc2cccs2)C1. The maximum absolute atomic E-state index is 12.9. The number of carbonyl (C=O) groups is 2. The summed E-state index contributed by atoms with van der Waals surface area (Å²) in [6.07, 6.45) is 3.20. The number of nitrogens with zero attached hydrogens (tertiary/aromatic N) is 1. The maximum Gasteiger partial charge on any atom is 0.254 e. The van der Waals surface area contributed by atoms with Crippen molar-refractivity contribution in [3.63, 3.8) is 0 Å². The van der Waals surface area contributed by atoms with Crippen LogP contribution in [0.15, 0.2) is 17.5 Å². The Balaban J connectivity index is 1.52. The number of nitrogens with one attached hydrogen (secondary N) is 1. The predicted octanol–water partition coefficient (Wildman–Crippen LogP) is 1.32. The number of aliphatic hydroxyl groups excluding tert-OH is 2. The molecule has 29 heavy (non-hydrogen) atoms. The van der Waals surface area contributed by atoms with E-state index in [0.717, 1.165) is 43.4 Å². The van der Waals surface area contributed by atoms with E-state index in [2.05, 4.69) is 5.32 Å². The largest absolute Gasteiger partial charge is 0.381 e. The quantitative estimate of drug-likeness (QED) is 0.585. The second-order valence-corrected chi connectivity index (χ2v) is 9.07. The second kappa shape index (κ2) is 10.5. The molecule has 2 heterocycles. The summed E-state index contributed by atoms with van der Waals surface area (Å²) in [7, 11) is 1.72. The van der Waals surface area contributed by atoms with Gasteiger partial charge in [0.05, 0.1) is 6.10 Å². The van der Waals surface area contributed by atoms with Gasteiger partial charge in [-0.2, -0.15) is 0 Å². The van der Waals surface area contributed by atoms with Crippen LogP contribution in [0.3, 0.4) is 0 Å². The fourth-order valence-corrected chi connectivity index (χ4v) is 5.33. The Hall–Kier alpha value is -1.48. The third-order valence-corrected chi connectivity index (χ3v) is 7.13. The minimum Gasteiger partial charge on any atom is -0.381 e. The van der Waals surface area contributed by atoms with E-state index < -0.39 is 24.0 Å². The highest BCUT2D eigenvalue weighted by atomic mass is 32.1. The Morgan fingerprint density at radius 1 is 1.28 bits per heavy atom. The van der Waals surface area contributed by atoms with Crippen molar-refractivity contribution in [1.29, 1.82) is 0 Å². The summed E-state index contributed by atoms with van der Waals surface area (Å²) in [5.41, 5.74) is 0. The average molecular weight is 425 g/mol. The Morgan fingerprint density at radius 2 is 2.10 bits per heavy atom. The summed E-state index contributed by atoms with van der Waals surface area (Å²) in [5.74, 6) is -0.924. The molecule has 1 saturated carbocycles. The van der Waals surface area contributed by atoms with Gasteiger partial charge in [-0.1, -0.05) is 12.5 Å². The average Bonchev–Trinajstić information content (AvgIpc) is 3.44. The molecule has 5 atom stereocenters. The Bertz CT molecular complexity index is 668. The molecule has 1 saturated heterocycles. The molecular weight excluding hydrogens is 392 g/mol. The number of methoxy groups -OCH3 is 1. The number of rotatable bonds is 8. The van der Waals surface area contributed by atoms with Crippen LogP contribution < -0.4 is 5.32 Å². The number of ether oxygens (including phenoxy) is 1. The molecule has 1 aliphatic heterocycles. The molecule has 2 amide bonds. The summed E-state index contributed by atoms with van der Waals surface area (Å²) >= 11 is 1.59. The van der Waals surface area contributed by atoms with Crippen LogP contribution in [0, 0.1) is 5.92 Å². The van der Waals surface area contributed by atoms with E-state index in [4.69, 9.17) is 4.74 Å². The number of hydrogen-bond donors (Lipinski definition) is 3. The van der Waals surface area contributed by atoms with E-state index in [-0.39, 0.29) is 12.1 Å². The van der Waals surface area contributed by atoms with Gasteiger partial charge in [0, 0.05) is 31.1 Å². The van der Waals surface area contributed by atoms with Gasteiger partial charge in [0.15, 0.2) is 12.2 Å². The van der Waals surface area contributed by atoms with Crippen LogP contribution in [-0.4, -0.2) is 71.5 Å². The zero-order chi connectivity index (χ0) is 20.8. The van der Waals surface area contributed by atoms with Crippen molar-refractivity contribution >= 4 is 23.2 Å². The maximum atomic E-state index is 12.9. The van der Waals surface area contributed by atoms with Crippen LogP contribution >= 0.6 is 11.3 Å². The summed E-state index contributed by atoms with van der Waals surface area (Å²) in [4.78, 5) is 27.9. The highest BCUT2D eigenvalue weighted by Gasteiger charge is 2.41. The lowest BCUT2D eigenvalue weighted by atomic mass is 9.81. The number of likely N-dealkylation sites (tertiary alicyclic amines) is 1. The first-order valence-electron chi connectivity index (χ1n) is 10.5. The number of amides is 2. The van der Waals surface area contributed by atoms with Crippen molar-refractivity contribution in [3.8, 4) is 0 Å². The molecule has 0 spiro atoms. The standard InChI is InChI=1S/C21H32N2O5S/c1-28-15-6-2-5-14(13-15)17-8-3-11-23(17)21(27)19(25)18(24)20(26)22-10-9-16-7-4-12-29-16/h4,7,12,14-15,17-19,24-25H,2-3,5-6,8-11,13H2,1H3,(H,22,26)/t14?,15?,17?,18-,19-/m1/s1. The van der Waals surface area contributed by atoms with Gasteiger partial charge in [0.2, 0.25) is 0 Å². The highest BCUT2D eigenvalue weighted by Crippen LogP contribution is 2.35. The molecule has 1 aliphatic carbocycles. The van der Waals surface area contributed by atoms with E-state index in [1.54, 1.807) is 23.3 Å². The van der Waals surface area contributed by atoms with Crippen LogP contribution in [0.5, 0.6) is 0 Å². The van der Waals surface area contributed by atoms with Gasteiger partial charge in [-0.15, -0.1) is 11.3 Å². The topological polar surface area (TPSA) is 99.1 Å². The van der Waals surface area contributed by atoms with Crippen LogP contribution in [0.25, 0.3) is 0 Å².